The lowest BCUT2D eigenvalue weighted by molar-refractivity contribution is 0.0324. The molecule has 0 spiro atoms. The number of hydrogen-bond acceptors (Lipinski definition) is 13. The zero-order valence-corrected chi connectivity index (χ0v) is 21.4. The Morgan fingerprint density at radius 2 is 1.08 bits per heavy atom. The molecule has 0 saturated heterocycles. The van der Waals surface area contributed by atoms with Crippen LogP contribution in [0.15, 0.2) is 63.8 Å². The van der Waals surface area contributed by atoms with Crippen LogP contribution in [0, 0.1) is 0 Å². The van der Waals surface area contributed by atoms with Crippen molar-refractivity contribution in [2.75, 3.05) is 28.4 Å². The van der Waals surface area contributed by atoms with Crippen LogP contribution in [-0.4, -0.2) is 45.4 Å². The van der Waals surface area contributed by atoms with Gasteiger partial charge in [0, 0.05) is 28.4 Å². The van der Waals surface area contributed by atoms with E-state index in [1.54, 1.807) is 0 Å². The zero-order chi connectivity index (χ0) is 26.3. The van der Waals surface area contributed by atoms with Gasteiger partial charge >= 0.3 is 27.1 Å². The van der Waals surface area contributed by atoms with Crippen molar-refractivity contribution in [3.05, 3.63) is 77.9 Å². The Morgan fingerprint density at radius 3 is 1.39 bits per heavy atom. The van der Waals surface area contributed by atoms with E-state index in [1.165, 1.54) is 55.0 Å². The average molecular weight is 543 g/mol. The number of carbonyl (C=O) groups is 2. The predicted octanol–water partition coefficient (Wildman–Crippen LogP) is 4.95. The van der Waals surface area contributed by atoms with Gasteiger partial charge in [-0.15, -0.1) is 0 Å². The first kappa shape index (κ1) is 27.5. The number of hydrogen-bond donors (Lipinski definition) is 0. The van der Waals surface area contributed by atoms with Gasteiger partial charge in [-0.2, -0.15) is 0 Å². The van der Waals surface area contributed by atoms with E-state index in [9.17, 15) is 18.7 Å². The third kappa shape index (κ3) is 5.84. The van der Waals surface area contributed by atoms with Crippen LogP contribution in [0.3, 0.4) is 0 Å². The molecule has 36 heavy (non-hydrogen) atoms. The largest absolute Gasteiger partial charge is 0.465 e. The van der Waals surface area contributed by atoms with Gasteiger partial charge in [0.1, 0.15) is 11.4 Å². The number of ether oxygens (including phenoxy) is 2. The first-order valence-corrected chi connectivity index (χ1v) is 13.3. The van der Waals surface area contributed by atoms with Crippen LogP contribution >= 0.6 is 15.2 Å². The second-order valence-electron chi connectivity index (χ2n) is 6.76. The minimum absolute atomic E-state index is 0.00196. The summed E-state index contributed by atoms with van der Waals surface area (Å²) in [6, 6.07) is 9.67. The van der Waals surface area contributed by atoms with E-state index in [1.807, 2.05) is 0 Å². The molecular weight excluding hydrogens is 520 g/mol. The van der Waals surface area contributed by atoms with Crippen LogP contribution in [0.1, 0.15) is 44.2 Å². The van der Waals surface area contributed by atoms with E-state index in [2.05, 4.69) is 4.98 Å². The van der Waals surface area contributed by atoms with Gasteiger partial charge < -0.3 is 36.4 Å². The highest BCUT2D eigenvalue weighted by Crippen LogP contribution is 2.61. The number of pyridine rings is 1. The zero-order valence-electron chi connectivity index (χ0n) is 19.6. The average Bonchev–Trinajstić information content (AvgIpc) is 3.64. The van der Waals surface area contributed by atoms with E-state index in [-0.39, 0.29) is 22.9 Å². The normalized spacial score (nSPS) is 13.7. The molecular formula is C21H23NO12P2. The van der Waals surface area contributed by atoms with E-state index < -0.39 is 38.8 Å². The maximum atomic E-state index is 12.9. The first-order chi connectivity index (χ1) is 17.2. The molecule has 0 aliphatic heterocycles. The van der Waals surface area contributed by atoms with E-state index in [4.69, 9.17) is 36.4 Å². The molecule has 0 aliphatic carbocycles. The molecule has 13 nitrogen and oxygen atoms in total. The molecule has 2 atom stereocenters. The lowest BCUT2D eigenvalue weighted by Gasteiger charge is -2.23. The van der Waals surface area contributed by atoms with Crippen LogP contribution in [0.5, 0.6) is 0 Å². The van der Waals surface area contributed by atoms with Gasteiger partial charge in [0.05, 0.1) is 12.5 Å². The molecule has 15 heteroatoms. The fourth-order valence-corrected chi connectivity index (χ4v) is 5.37. The molecule has 0 fully saturated rings. The van der Waals surface area contributed by atoms with Gasteiger partial charge in [-0.3, -0.25) is 9.13 Å². The summed E-state index contributed by atoms with van der Waals surface area (Å²) in [5.41, 5.74) is -0.674. The highest BCUT2D eigenvalue weighted by atomic mass is 31.2. The minimum atomic E-state index is -3.98. The quantitative estimate of drug-likeness (QED) is 0.223. The van der Waals surface area contributed by atoms with E-state index >= 15 is 0 Å². The molecule has 0 radical (unpaired) electrons. The van der Waals surface area contributed by atoms with Gasteiger partial charge in [-0.05, 0) is 36.4 Å². The van der Waals surface area contributed by atoms with Crippen LogP contribution in [-0.2, 0) is 36.7 Å². The van der Waals surface area contributed by atoms with Crippen molar-refractivity contribution in [3.63, 3.8) is 0 Å². The molecule has 0 aliphatic rings. The maximum absolute atomic E-state index is 12.9. The van der Waals surface area contributed by atoms with E-state index in [0.29, 0.717) is 0 Å². The fourth-order valence-electron chi connectivity index (χ4n) is 2.94. The van der Waals surface area contributed by atoms with Crippen molar-refractivity contribution >= 4 is 27.1 Å². The fraction of sp³-hybridized carbons (Fsp3) is 0.286. The lowest BCUT2D eigenvalue weighted by atomic mass is 10.3. The highest BCUT2D eigenvalue weighted by molar-refractivity contribution is 7.54. The topological polar surface area (TPSA) is 163 Å². The third-order valence-corrected chi connectivity index (χ3v) is 8.67. The number of furan rings is 2. The van der Waals surface area contributed by atoms with Gasteiger partial charge in [0.15, 0.2) is 11.5 Å². The molecule has 0 aromatic carbocycles. The van der Waals surface area contributed by atoms with Gasteiger partial charge in [-0.25, -0.2) is 14.6 Å². The Bertz CT molecular complexity index is 1150. The monoisotopic (exact) mass is 543 g/mol. The molecule has 0 N–H and O–H groups in total. The Balaban J connectivity index is 1.86. The van der Waals surface area contributed by atoms with Crippen molar-refractivity contribution in [3.8, 4) is 0 Å². The Labute approximate surface area is 205 Å². The second kappa shape index (κ2) is 11.8. The molecule has 3 heterocycles. The molecule has 3 rings (SSSR count). The van der Waals surface area contributed by atoms with Crippen molar-refractivity contribution < 1.29 is 55.1 Å². The van der Waals surface area contributed by atoms with E-state index in [0.717, 1.165) is 28.4 Å². The molecule has 0 amide bonds. The summed E-state index contributed by atoms with van der Waals surface area (Å²) in [5, 5.41) is 0. The molecule has 2 unspecified atom stereocenters. The molecule has 0 bridgehead atoms. The lowest BCUT2D eigenvalue weighted by Crippen LogP contribution is -2.18. The Kier molecular flexibility index (Phi) is 9.02. The van der Waals surface area contributed by atoms with Gasteiger partial charge in [-0.1, -0.05) is 6.07 Å². The summed E-state index contributed by atoms with van der Waals surface area (Å²) in [5.74, 6) is -5.23. The van der Waals surface area contributed by atoms with Gasteiger partial charge in [0.25, 0.3) is 11.7 Å². The smallest absolute Gasteiger partial charge is 0.378 e. The number of esters is 2. The Hall–Kier alpha value is -3.05. The van der Waals surface area contributed by atoms with Crippen molar-refractivity contribution in [2.24, 2.45) is 0 Å². The predicted molar refractivity (Wildman–Crippen MR) is 121 cm³/mol. The summed E-state index contributed by atoms with van der Waals surface area (Å²) in [6.07, 6.45) is 2.57. The van der Waals surface area contributed by atoms with Crippen molar-refractivity contribution in [2.45, 2.75) is 11.7 Å². The highest BCUT2D eigenvalue weighted by Gasteiger charge is 2.43. The molecule has 0 saturated carbocycles. The third-order valence-electron chi connectivity index (χ3n) is 4.77. The second-order valence-corrected chi connectivity index (χ2v) is 11.3. The van der Waals surface area contributed by atoms with Crippen molar-refractivity contribution in [1.82, 2.24) is 4.98 Å². The standard InChI is InChI=1S/C21H23NO12P2/c1-27-35(25,28-2)20(16-10-6-12-31-16)33-18(23)14-8-5-9-15(22-14)19(24)34-21(17-11-7-13-32-17)36(26,29-3)30-4/h5-13,20-21H,1-4H3. The number of rotatable bonds is 12. The first-order valence-electron chi connectivity index (χ1n) is 10.1. The molecule has 3 aromatic rings. The maximum Gasteiger partial charge on any atom is 0.378 e. The SMILES string of the molecule is COP(=O)(OC)C(OC(=O)c1cccc(C(=O)OC(c2ccco2)P(=O)(OC)OC)n1)c1ccco1. The minimum Gasteiger partial charge on any atom is -0.465 e. The number of carbonyl (C=O) groups excluding carboxylic acids is 2. The van der Waals surface area contributed by atoms with Gasteiger partial charge in [0.2, 0.25) is 0 Å². The number of aromatic nitrogens is 1. The van der Waals surface area contributed by atoms with Crippen LogP contribution in [0.25, 0.3) is 0 Å². The van der Waals surface area contributed by atoms with Crippen LogP contribution in [0.4, 0.5) is 0 Å². The summed E-state index contributed by atoms with van der Waals surface area (Å²) < 4.78 is 66.8. The number of nitrogens with zero attached hydrogens (tertiary/aromatic N) is 1. The summed E-state index contributed by atoms with van der Waals surface area (Å²) >= 11 is 0. The van der Waals surface area contributed by atoms with Crippen LogP contribution in [0.2, 0.25) is 0 Å². The van der Waals surface area contributed by atoms with Crippen molar-refractivity contribution in [1.29, 1.82) is 0 Å². The summed E-state index contributed by atoms with van der Waals surface area (Å²) in [6.45, 7) is 0. The summed E-state index contributed by atoms with van der Waals surface area (Å²) in [4.78, 5) is 29.7. The molecule has 3 aromatic heterocycles. The molecule has 194 valence electrons. The summed E-state index contributed by atoms with van der Waals surface area (Å²) in [7, 11) is -3.48. The van der Waals surface area contributed by atoms with Crippen LogP contribution < -0.4 is 0 Å². The Morgan fingerprint density at radius 1 is 0.694 bits per heavy atom.